The maximum absolute atomic E-state index is 6.45. The molecule has 32 heavy (non-hydrogen) atoms. The summed E-state index contributed by atoms with van der Waals surface area (Å²) in [6.07, 6.45) is 0. The fourth-order valence-corrected chi connectivity index (χ4v) is 6.66. The summed E-state index contributed by atoms with van der Waals surface area (Å²) in [5.41, 5.74) is 4.21. The van der Waals surface area contributed by atoms with Gasteiger partial charge in [-0.15, -0.1) is 0 Å². The molecule has 3 aromatic carbocycles. The van der Waals surface area contributed by atoms with E-state index >= 15 is 0 Å². The summed E-state index contributed by atoms with van der Waals surface area (Å²) in [7, 11) is 4.82. The Bertz CT molecular complexity index is 1210. The summed E-state index contributed by atoms with van der Waals surface area (Å²) in [4.78, 5) is 0. The Balaban J connectivity index is 1.90. The van der Waals surface area contributed by atoms with Crippen molar-refractivity contribution in [1.82, 2.24) is 0 Å². The molecule has 3 nitrogen and oxygen atoms in total. The van der Waals surface area contributed by atoms with E-state index in [9.17, 15) is 0 Å². The van der Waals surface area contributed by atoms with Crippen LogP contribution in [0.15, 0.2) is 60.7 Å². The van der Waals surface area contributed by atoms with Crippen molar-refractivity contribution in [1.29, 1.82) is 0 Å². The van der Waals surface area contributed by atoms with Crippen LogP contribution in [-0.2, 0) is 0 Å². The van der Waals surface area contributed by atoms with Crippen molar-refractivity contribution in [3.8, 4) is 48.4 Å². The first-order valence-electron chi connectivity index (χ1n) is 9.60. The molecule has 0 unspecified atom stereocenters. The van der Waals surface area contributed by atoms with Crippen LogP contribution in [0.2, 0.25) is 15.1 Å². The van der Waals surface area contributed by atoms with Crippen molar-refractivity contribution in [2.24, 2.45) is 0 Å². The zero-order chi connectivity index (χ0) is 22.8. The second kappa shape index (κ2) is 9.82. The predicted octanol–water partition coefficient (Wildman–Crippen LogP) is 7.73. The molecule has 0 aliphatic rings. The van der Waals surface area contributed by atoms with Crippen LogP contribution in [-0.4, -0.2) is 35.8 Å². The average Bonchev–Trinajstić information content (AvgIpc) is 3.24. The Kier molecular flexibility index (Phi) is 7.09. The van der Waals surface area contributed by atoms with Crippen LogP contribution in [0, 0.1) is 0 Å². The third kappa shape index (κ3) is 4.52. The molecule has 0 aliphatic heterocycles. The molecule has 0 radical (unpaired) electrons. The average molecular weight is 553 g/mol. The van der Waals surface area contributed by atoms with Gasteiger partial charge in [0.15, 0.2) is 0 Å². The molecule has 0 amide bonds. The molecule has 0 fully saturated rings. The van der Waals surface area contributed by atoms with E-state index in [2.05, 4.69) is 6.07 Å². The van der Waals surface area contributed by atoms with Gasteiger partial charge in [-0.1, -0.05) is 0 Å². The number of ether oxygens (including phenoxy) is 3. The zero-order valence-corrected chi connectivity index (χ0v) is 21.5. The molecule has 0 N–H and O–H groups in total. The fourth-order valence-electron chi connectivity index (χ4n) is 3.42. The predicted molar refractivity (Wildman–Crippen MR) is 134 cm³/mol. The van der Waals surface area contributed by atoms with E-state index in [-0.39, 0.29) is 14.5 Å². The first kappa shape index (κ1) is 23.1. The molecule has 0 aliphatic carbocycles. The fraction of sp³-hybridized carbons (Fsp3) is 0.120. The van der Waals surface area contributed by atoms with Gasteiger partial charge in [0.2, 0.25) is 0 Å². The first-order chi connectivity index (χ1) is 15.4. The van der Waals surface area contributed by atoms with Gasteiger partial charge >= 0.3 is 209 Å². The summed E-state index contributed by atoms with van der Waals surface area (Å²) < 4.78 is 18.4. The van der Waals surface area contributed by atoms with Crippen molar-refractivity contribution in [2.45, 2.75) is 0 Å². The Morgan fingerprint density at radius 2 is 1.00 bits per heavy atom. The maximum atomic E-state index is 6.45. The van der Waals surface area contributed by atoms with Gasteiger partial charge in [-0.2, -0.15) is 0 Å². The standard InChI is InChI=1S/C25H19Cl3O3Se/c1-29-21-7-4-14(10-18(21)26)17-13-24(15-5-8-22(30-2)19(27)11-15)32-25(17)16-6-9-23(31-3)20(28)12-16/h4-13H,1-3H3. The molecule has 0 saturated heterocycles. The molecule has 0 spiro atoms. The normalized spacial score (nSPS) is 10.8. The van der Waals surface area contributed by atoms with E-state index < -0.39 is 0 Å². The van der Waals surface area contributed by atoms with E-state index in [4.69, 9.17) is 49.0 Å². The van der Waals surface area contributed by atoms with Gasteiger partial charge in [0.1, 0.15) is 0 Å². The SMILES string of the molecule is COc1ccc(-c2cc(-c3ccc(OC)c(Cl)c3)c(-c3ccc(OC)c(Cl)c3)[se]2)cc1Cl. The molecule has 0 bridgehead atoms. The van der Waals surface area contributed by atoms with Gasteiger partial charge in [-0.25, -0.2) is 0 Å². The number of hydrogen-bond acceptors (Lipinski definition) is 3. The van der Waals surface area contributed by atoms with Gasteiger partial charge in [0, 0.05) is 0 Å². The van der Waals surface area contributed by atoms with Gasteiger partial charge in [-0.05, 0) is 0 Å². The summed E-state index contributed by atoms with van der Waals surface area (Å²) in [6.45, 7) is 0. The Hall–Kier alpha value is -2.07. The van der Waals surface area contributed by atoms with Gasteiger partial charge < -0.3 is 0 Å². The van der Waals surface area contributed by atoms with Crippen molar-refractivity contribution < 1.29 is 14.2 Å². The number of halogens is 3. The van der Waals surface area contributed by atoms with Gasteiger partial charge in [0.25, 0.3) is 0 Å². The van der Waals surface area contributed by atoms with Crippen LogP contribution in [0.3, 0.4) is 0 Å². The number of rotatable bonds is 6. The van der Waals surface area contributed by atoms with Crippen molar-refractivity contribution in [3.63, 3.8) is 0 Å². The first-order valence-corrected chi connectivity index (χ1v) is 12.5. The van der Waals surface area contributed by atoms with E-state index in [1.54, 1.807) is 21.3 Å². The van der Waals surface area contributed by atoms with Crippen LogP contribution < -0.4 is 14.2 Å². The molecule has 164 valence electrons. The van der Waals surface area contributed by atoms with Gasteiger partial charge in [-0.3, -0.25) is 0 Å². The van der Waals surface area contributed by atoms with E-state index in [0.29, 0.717) is 32.3 Å². The van der Waals surface area contributed by atoms with Crippen LogP contribution >= 0.6 is 34.8 Å². The second-order valence-corrected chi connectivity index (χ2v) is 10.3. The molecule has 1 heterocycles. The minimum absolute atomic E-state index is 0.0115. The third-order valence-electron chi connectivity index (χ3n) is 5.05. The monoisotopic (exact) mass is 552 g/mol. The number of benzene rings is 3. The molecular weight excluding hydrogens is 534 g/mol. The molecular formula is C25H19Cl3O3Se. The Morgan fingerprint density at radius 1 is 0.562 bits per heavy atom. The summed E-state index contributed by atoms with van der Waals surface area (Å²) in [5, 5.41) is 1.71. The van der Waals surface area contributed by atoms with E-state index in [0.717, 1.165) is 22.3 Å². The Labute approximate surface area is 208 Å². The quantitative estimate of drug-likeness (QED) is 0.229. The van der Waals surface area contributed by atoms with Crippen molar-refractivity contribution in [3.05, 3.63) is 75.7 Å². The Morgan fingerprint density at radius 3 is 1.50 bits per heavy atom. The summed E-state index contributed by atoms with van der Waals surface area (Å²) >= 11 is 19.3. The van der Waals surface area contributed by atoms with Crippen LogP contribution in [0.25, 0.3) is 31.1 Å². The van der Waals surface area contributed by atoms with Crippen LogP contribution in [0.1, 0.15) is 0 Å². The third-order valence-corrected chi connectivity index (χ3v) is 8.52. The molecule has 1 aromatic heterocycles. The van der Waals surface area contributed by atoms with E-state index in [1.165, 1.54) is 8.87 Å². The van der Waals surface area contributed by atoms with Crippen molar-refractivity contribution in [2.75, 3.05) is 21.3 Å². The zero-order valence-electron chi connectivity index (χ0n) is 17.5. The molecule has 4 aromatic rings. The number of hydrogen-bond donors (Lipinski definition) is 0. The number of methoxy groups -OCH3 is 3. The topological polar surface area (TPSA) is 27.7 Å². The van der Waals surface area contributed by atoms with Crippen molar-refractivity contribution >= 4 is 49.3 Å². The van der Waals surface area contributed by atoms with Crippen LogP contribution in [0.5, 0.6) is 17.2 Å². The molecule has 7 heteroatoms. The molecule has 4 rings (SSSR count). The molecule has 0 atom stereocenters. The van der Waals surface area contributed by atoms with E-state index in [1.807, 2.05) is 54.6 Å². The summed E-state index contributed by atoms with van der Waals surface area (Å²) in [6, 6.07) is 19.8. The van der Waals surface area contributed by atoms with Gasteiger partial charge in [0.05, 0.1) is 0 Å². The summed E-state index contributed by atoms with van der Waals surface area (Å²) in [5.74, 6) is 1.93. The van der Waals surface area contributed by atoms with Crippen LogP contribution in [0.4, 0.5) is 0 Å². The second-order valence-electron chi connectivity index (χ2n) is 6.90. The molecule has 0 saturated carbocycles. The minimum atomic E-state index is 0.0115.